The summed E-state index contributed by atoms with van der Waals surface area (Å²) < 4.78 is 5.42. The lowest BCUT2D eigenvalue weighted by Crippen LogP contribution is -2.30. The maximum atomic E-state index is 6.55. The molecule has 2 nitrogen and oxygen atoms in total. The zero-order chi connectivity index (χ0) is 13.8. The van der Waals surface area contributed by atoms with Crippen LogP contribution in [0.2, 0.25) is 0 Å². The SMILES string of the molecule is CCC1CCCCC1C(N)c1ccc(C)c(OC)c1. The van der Waals surface area contributed by atoms with E-state index in [9.17, 15) is 0 Å². The van der Waals surface area contributed by atoms with Crippen molar-refractivity contribution in [2.45, 2.75) is 52.0 Å². The van der Waals surface area contributed by atoms with E-state index in [0.717, 1.165) is 11.7 Å². The standard InChI is InChI=1S/C17H27NO/c1-4-13-7-5-6-8-15(13)17(18)14-10-9-12(2)16(11-14)19-3/h9-11,13,15,17H,4-8,18H2,1-3H3. The predicted molar refractivity (Wildman–Crippen MR) is 80.4 cm³/mol. The molecule has 1 aromatic rings. The van der Waals surface area contributed by atoms with Crippen molar-refractivity contribution >= 4 is 0 Å². The highest BCUT2D eigenvalue weighted by Gasteiger charge is 2.29. The van der Waals surface area contributed by atoms with E-state index in [2.05, 4.69) is 32.0 Å². The van der Waals surface area contributed by atoms with Gasteiger partial charge in [0.1, 0.15) is 5.75 Å². The molecule has 1 fully saturated rings. The number of aryl methyl sites for hydroxylation is 1. The first-order chi connectivity index (χ1) is 9.17. The quantitative estimate of drug-likeness (QED) is 0.880. The molecule has 0 saturated heterocycles. The molecule has 3 unspecified atom stereocenters. The van der Waals surface area contributed by atoms with Gasteiger partial charge in [0.15, 0.2) is 0 Å². The summed E-state index contributed by atoms with van der Waals surface area (Å²) in [6.45, 7) is 4.37. The summed E-state index contributed by atoms with van der Waals surface area (Å²) in [5.41, 5.74) is 8.96. The van der Waals surface area contributed by atoms with Gasteiger partial charge in [-0.25, -0.2) is 0 Å². The summed E-state index contributed by atoms with van der Waals surface area (Å²) in [6, 6.07) is 6.57. The zero-order valence-corrected chi connectivity index (χ0v) is 12.5. The Hall–Kier alpha value is -1.02. The van der Waals surface area contributed by atoms with Crippen LogP contribution < -0.4 is 10.5 Å². The molecule has 1 saturated carbocycles. The molecule has 1 aliphatic rings. The fraction of sp³-hybridized carbons (Fsp3) is 0.647. The average Bonchev–Trinajstić information content (AvgIpc) is 2.47. The smallest absolute Gasteiger partial charge is 0.122 e. The molecule has 0 radical (unpaired) electrons. The van der Waals surface area contributed by atoms with Crippen LogP contribution in [0.25, 0.3) is 0 Å². The third-order valence-electron chi connectivity index (χ3n) is 4.77. The first-order valence-corrected chi connectivity index (χ1v) is 7.57. The Bertz CT molecular complexity index is 416. The second-order valence-corrected chi connectivity index (χ2v) is 5.87. The van der Waals surface area contributed by atoms with Gasteiger partial charge in [0, 0.05) is 6.04 Å². The molecule has 0 heterocycles. The van der Waals surface area contributed by atoms with Gasteiger partial charge in [0.2, 0.25) is 0 Å². The van der Waals surface area contributed by atoms with E-state index < -0.39 is 0 Å². The minimum Gasteiger partial charge on any atom is -0.496 e. The van der Waals surface area contributed by atoms with Crippen LogP contribution >= 0.6 is 0 Å². The number of methoxy groups -OCH3 is 1. The van der Waals surface area contributed by atoms with Crippen molar-refractivity contribution in [2.24, 2.45) is 17.6 Å². The summed E-state index contributed by atoms with van der Waals surface area (Å²) >= 11 is 0. The van der Waals surface area contributed by atoms with Gasteiger partial charge in [0.05, 0.1) is 7.11 Å². The molecular weight excluding hydrogens is 234 g/mol. The van der Waals surface area contributed by atoms with Crippen LogP contribution in [-0.4, -0.2) is 7.11 Å². The summed E-state index contributed by atoms with van der Waals surface area (Å²) in [5, 5.41) is 0. The third-order valence-corrected chi connectivity index (χ3v) is 4.77. The van der Waals surface area contributed by atoms with E-state index in [1.54, 1.807) is 7.11 Å². The maximum Gasteiger partial charge on any atom is 0.122 e. The zero-order valence-electron chi connectivity index (χ0n) is 12.5. The lowest BCUT2D eigenvalue weighted by Gasteiger charge is -2.35. The first-order valence-electron chi connectivity index (χ1n) is 7.57. The highest BCUT2D eigenvalue weighted by molar-refractivity contribution is 5.38. The van der Waals surface area contributed by atoms with E-state index in [4.69, 9.17) is 10.5 Å². The fourth-order valence-corrected chi connectivity index (χ4v) is 3.51. The number of hydrogen-bond donors (Lipinski definition) is 1. The van der Waals surface area contributed by atoms with Gasteiger partial charge < -0.3 is 10.5 Å². The monoisotopic (exact) mass is 261 g/mol. The number of ether oxygens (including phenoxy) is 1. The van der Waals surface area contributed by atoms with Gasteiger partial charge in [-0.2, -0.15) is 0 Å². The molecule has 0 amide bonds. The Balaban J connectivity index is 2.20. The van der Waals surface area contributed by atoms with Gasteiger partial charge in [-0.15, -0.1) is 0 Å². The Morgan fingerprint density at radius 3 is 2.74 bits per heavy atom. The van der Waals surface area contributed by atoms with Crippen LogP contribution in [0.15, 0.2) is 18.2 Å². The van der Waals surface area contributed by atoms with Crippen LogP contribution in [0, 0.1) is 18.8 Å². The molecule has 2 N–H and O–H groups in total. The summed E-state index contributed by atoms with van der Waals surface area (Å²) in [7, 11) is 1.73. The normalized spacial score (nSPS) is 25.1. The highest BCUT2D eigenvalue weighted by Crippen LogP contribution is 2.39. The second kappa shape index (κ2) is 6.42. The van der Waals surface area contributed by atoms with Gasteiger partial charge in [-0.05, 0) is 42.4 Å². The highest BCUT2D eigenvalue weighted by atomic mass is 16.5. The molecular formula is C17H27NO. The van der Waals surface area contributed by atoms with Crippen LogP contribution in [0.4, 0.5) is 0 Å². The number of nitrogens with two attached hydrogens (primary N) is 1. The minimum atomic E-state index is 0.153. The molecule has 0 aromatic heterocycles. The Labute approximate surface area is 117 Å². The third kappa shape index (κ3) is 3.11. The lowest BCUT2D eigenvalue weighted by atomic mass is 9.72. The van der Waals surface area contributed by atoms with E-state index in [1.807, 2.05) is 0 Å². The molecule has 1 aliphatic carbocycles. The van der Waals surface area contributed by atoms with Crippen molar-refractivity contribution in [3.8, 4) is 5.75 Å². The van der Waals surface area contributed by atoms with Gasteiger partial charge >= 0.3 is 0 Å². The first kappa shape index (κ1) is 14.4. The van der Waals surface area contributed by atoms with Crippen molar-refractivity contribution in [3.05, 3.63) is 29.3 Å². The van der Waals surface area contributed by atoms with E-state index in [1.165, 1.54) is 43.2 Å². The molecule has 0 aliphatic heterocycles. The Morgan fingerprint density at radius 2 is 2.05 bits per heavy atom. The molecule has 3 atom stereocenters. The van der Waals surface area contributed by atoms with Crippen molar-refractivity contribution < 1.29 is 4.74 Å². The van der Waals surface area contributed by atoms with Gasteiger partial charge in [0.25, 0.3) is 0 Å². The van der Waals surface area contributed by atoms with E-state index in [0.29, 0.717) is 5.92 Å². The Morgan fingerprint density at radius 1 is 1.32 bits per heavy atom. The minimum absolute atomic E-state index is 0.153. The van der Waals surface area contributed by atoms with E-state index in [-0.39, 0.29) is 6.04 Å². The molecule has 106 valence electrons. The largest absolute Gasteiger partial charge is 0.496 e. The van der Waals surface area contributed by atoms with Gasteiger partial charge in [-0.3, -0.25) is 0 Å². The van der Waals surface area contributed by atoms with Crippen molar-refractivity contribution in [3.63, 3.8) is 0 Å². The summed E-state index contributed by atoms with van der Waals surface area (Å²) in [5.74, 6) is 2.37. The van der Waals surface area contributed by atoms with Crippen LogP contribution in [0.3, 0.4) is 0 Å². The molecule has 2 rings (SSSR count). The van der Waals surface area contributed by atoms with Gasteiger partial charge in [-0.1, -0.05) is 44.7 Å². The Kier molecular flexibility index (Phi) is 4.87. The maximum absolute atomic E-state index is 6.55. The van der Waals surface area contributed by atoms with Crippen LogP contribution in [-0.2, 0) is 0 Å². The topological polar surface area (TPSA) is 35.2 Å². The molecule has 0 bridgehead atoms. The fourth-order valence-electron chi connectivity index (χ4n) is 3.51. The number of rotatable bonds is 4. The van der Waals surface area contributed by atoms with Crippen molar-refractivity contribution in [1.82, 2.24) is 0 Å². The molecule has 2 heteroatoms. The van der Waals surface area contributed by atoms with Crippen molar-refractivity contribution in [2.75, 3.05) is 7.11 Å². The van der Waals surface area contributed by atoms with Crippen LogP contribution in [0.1, 0.15) is 56.2 Å². The summed E-state index contributed by atoms with van der Waals surface area (Å²) in [4.78, 5) is 0. The van der Waals surface area contributed by atoms with E-state index >= 15 is 0 Å². The average molecular weight is 261 g/mol. The molecule has 1 aromatic carbocycles. The molecule has 19 heavy (non-hydrogen) atoms. The van der Waals surface area contributed by atoms with Crippen molar-refractivity contribution in [1.29, 1.82) is 0 Å². The predicted octanol–water partition coefficient (Wildman–Crippen LogP) is 4.22. The number of benzene rings is 1. The second-order valence-electron chi connectivity index (χ2n) is 5.87. The lowest BCUT2D eigenvalue weighted by molar-refractivity contribution is 0.196. The molecule has 0 spiro atoms. The number of hydrogen-bond acceptors (Lipinski definition) is 2. The van der Waals surface area contributed by atoms with Crippen LogP contribution in [0.5, 0.6) is 5.75 Å². The summed E-state index contributed by atoms with van der Waals surface area (Å²) in [6.07, 6.45) is 6.58.